The molecule has 0 spiro atoms. The highest BCUT2D eigenvalue weighted by Crippen LogP contribution is 2.24. The Hall–Kier alpha value is -2.96. The first kappa shape index (κ1) is 22.7. The Morgan fingerprint density at radius 3 is 2.10 bits per heavy atom. The van der Waals surface area contributed by atoms with Crippen molar-refractivity contribution in [3.05, 3.63) is 64.7 Å². The van der Waals surface area contributed by atoms with E-state index in [0.29, 0.717) is 26.2 Å². The summed E-state index contributed by atoms with van der Waals surface area (Å²) in [5.74, 6) is -3.29. The minimum atomic E-state index is -0.949. The molecule has 1 aliphatic rings. The predicted octanol–water partition coefficient (Wildman–Crippen LogP) is 3.68. The summed E-state index contributed by atoms with van der Waals surface area (Å²) in [4.78, 5) is 29.6. The lowest BCUT2D eigenvalue weighted by atomic mass is 10.0. The third-order valence-electron chi connectivity index (χ3n) is 5.92. The van der Waals surface area contributed by atoms with Crippen LogP contribution in [0.5, 0.6) is 0 Å². The molecule has 5 nitrogen and oxygen atoms in total. The molecule has 2 aromatic carbocycles. The van der Waals surface area contributed by atoms with Gasteiger partial charge in [0, 0.05) is 31.9 Å². The highest BCUT2D eigenvalue weighted by atomic mass is 19.1. The van der Waals surface area contributed by atoms with E-state index in [4.69, 9.17) is 0 Å². The maximum atomic E-state index is 14.0. The second-order valence-corrected chi connectivity index (χ2v) is 8.32. The number of aryl methyl sites for hydroxylation is 1. The Balaban J connectivity index is 1.69. The summed E-state index contributed by atoms with van der Waals surface area (Å²) in [5, 5.41) is 2.55. The fourth-order valence-corrected chi connectivity index (χ4v) is 3.88. The lowest BCUT2D eigenvalue weighted by Gasteiger charge is -2.39. The lowest BCUT2D eigenvalue weighted by molar-refractivity contribution is -0.134. The molecule has 1 fully saturated rings. The van der Waals surface area contributed by atoms with Crippen molar-refractivity contribution in [1.82, 2.24) is 10.2 Å². The molecule has 1 aliphatic heterocycles. The average Bonchev–Trinajstić information content (AvgIpc) is 2.73. The molecule has 0 saturated carbocycles. The minimum absolute atomic E-state index is 0.233. The van der Waals surface area contributed by atoms with Crippen LogP contribution in [0.15, 0.2) is 36.4 Å². The molecule has 0 unspecified atom stereocenters. The molecule has 31 heavy (non-hydrogen) atoms. The second kappa shape index (κ2) is 9.45. The fourth-order valence-electron chi connectivity index (χ4n) is 3.88. The van der Waals surface area contributed by atoms with Crippen molar-refractivity contribution in [3.8, 4) is 0 Å². The maximum absolute atomic E-state index is 14.0. The summed E-state index contributed by atoms with van der Waals surface area (Å²) in [5.41, 5.74) is 2.94. The fraction of sp³-hybridized carbons (Fsp3) is 0.417. The number of carbonyl (C=O) groups excluding carboxylic acids is 2. The Kier molecular flexibility index (Phi) is 6.93. The molecule has 0 aliphatic carbocycles. The number of halogens is 2. The summed E-state index contributed by atoms with van der Waals surface area (Å²) >= 11 is 0. The smallest absolute Gasteiger partial charge is 0.257 e. The molecule has 166 valence electrons. The highest BCUT2D eigenvalue weighted by molar-refractivity contribution is 5.98. The number of nitrogens with one attached hydrogen (secondary N) is 1. The number of nitrogens with zero attached hydrogens (tertiary/aromatic N) is 2. The first-order valence-electron chi connectivity index (χ1n) is 10.6. The van der Waals surface area contributed by atoms with Gasteiger partial charge < -0.3 is 15.1 Å². The number of piperazine rings is 1. The van der Waals surface area contributed by atoms with E-state index in [1.54, 1.807) is 18.7 Å². The monoisotopic (exact) mass is 429 g/mol. The van der Waals surface area contributed by atoms with Crippen molar-refractivity contribution < 1.29 is 18.4 Å². The molecule has 1 saturated heterocycles. The van der Waals surface area contributed by atoms with Gasteiger partial charge in [0.15, 0.2) is 0 Å². The van der Waals surface area contributed by atoms with Gasteiger partial charge in [-0.2, -0.15) is 0 Å². The molecule has 2 aromatic rings. The van der Waals surface area contributed by atoms with E-state index in [1.807, 2.05) is 6.07 Å². The zero-order valence-corrected chi connectivity index (χ0v) is 18.4. The summed E-state index contributed by atoms with van der Waals surface area (Å²) in [6.07, 6.45) is 0. The summed E-state index contributed by atoms with van der Waals surface area (Å²) < 4.78 is 27.9. The first-order valence-corrected chi connectivity index (χ1v) is 10.6. The number of benzene rings is 2. The molecule has 2 amide bonds. The van der Waals surface area contributed by atoms with E-state index >= 15 is 0 Å². The number of rotatable bonds is 5. The van der Waals surface area contributed by atoms with Crippen molar-refractivity contribution in [2.24, 2.45) is 5.92 Å². The van der Waals surface area contributed by atoms with E-state index in [0.717, 1.165) is 17.8 Å². The molecule has 1 heterocycles. The number of carbonyl (C=O) groups is 2. The van der Waals surface area contributed by atoms with Gasteiger partial charge >= 0.3 is 0 Å². The molecule has 0 bridgehead atoms. The molecule has 1 N–H and O–H groups in total. The van der Waals surface area contributed by atoms with Gasteiger partial charge in [0.2, 0.25) is 5.91 Å². The Bertz CT molecular complexity index is 949. The summed E-state index contributed by atoms with van der Waals surface area (Å²) in [7, 11) is 0. The van der Waals surface area contributed by atoms with Crippen LogP contribution in [-0.2, 0) is 4.79 Å². The normalized spacial score (nSPS) is 15.2. The summed E-state index contributed by atoms with van der Waals surface area (Å²) in [6, 6.07) is 8.57. The minimum Gasteiger partial charge on any atom is -0.368 e. The molecule has 3 rings (SSSR count). The van der Waals surface area contributed by atoms with Crippen molar-refractivity contribution in [2.45, 2.75) is 33.7 Å². The van der Waals surface area contributed by atoms with E-state index < -0.39 is 29.1 Å². The zero-order chi connectivity index (χ0) is 22.7. The van der Waals surface area contributed by atoms with Crippen LogP contribution in [0.1, 0.15) is 35.3 Å². The molecule has 1 atom stereocenters. The third kappa shape index (κ3) is 4.86. The van der Waals surface area contributed by atoms with Crippen LogP contribution in [0.25, 0.3) is 0 Å². The van der Waals surface area contributed by atoms with Gasteiger partial charge in [-0.15, -0.1) is 0 Å². The summed E-state index contributed by atoms with van der Waals surface area (Å²) in [6.45, 7) is 10.1. The Morgan fingerprint density at radius 2 is 1.52 bits per heavy atom. The molecule has 0 radical (unpaired) electrons. The van der Waals surface area contributed by atoms with Crippen LogP contribution in [0.3, 0.4) is 0 Å². The molecule has 0 aromatic heterocycles. The van der Waals surface area contributed by atoms with Crippen LogP contribution >= 0.6 is 0 Å². The lowest BCUT2D eigenvalue weighted by Crippen LogP contribution is -2.56. The third-order valence-corrected chi connectivity index (χ3v) is 5.92. The van der Waals surface area contributed by atoms with Gasteiger partial charge in [0.1, 0.15) is 23.2 Å². The van der Waals surface area contributed by atoms with Gasteiger partial charge in [-0.3, -0.25) is 9.59 Å². The van der Waals surface area contributed by atoms with E-state index in [9.17, 15) is 18.4 Å². The number of amides is 2. The van der Waals surface area contributed by atoms with Crippen molar-refractivity contribution >= 4 is 17.5 Å². The van der Waals surface area contributed by atoms with Crippen LogP contribution in [-0.4, -0.2) is 48.9 Å². The van der Waals surface area contributed by atoms with Gasteiger partial charge in [-0.25, -0.2) is 8.78 Å². The second-order valence-electron chi connectivity index (χ2n) is 8.32. The number of hydrogen-bond donors (Lipinski definition) is 1. The SMILES string of the molecule is Cc1cccc(N2CCN(C(=O)[C@H](NC(=O)c3c(F)cccc3F)C(C)C)CC2)c1C. The number of anilines is 1. The molecular weight excluding hydrogens is 400 g/mol. The topological polar surface area (TPSA) is 52.6 Å². The van der Waals surface area contributed by atoms with Crippen LogP contribution in [0.4, 0.5) is 14.5 Å². The molecular formula is C24H29F2N3O2. The van der Waals surface area contributed by atoms with E-state index in [2.05, 4.69) is 36.2 Å². The van der Waals surface area contributed by atoms with Gasteiger partial charge in [0.05, 0.1) is 0 Å². The quantitative estimate of drug-likeness (QED) is 0.789. The van der Waals surface area contributed by atoms with E-state index in [1.165, 1.54) is 17.2 Å². The zero-order valence-electron chi connectivity index (χ0n) is 18.4. The maximum Gasteiger partial charge on any atom is 0.257 e. The van der Waals surface area contributed by atoms with Gasteiger partial charge in [0.25, 0.3) is 5.91 Å². The van der Waals surface area contributed by atoms with Gasteiger partial charge in [-0.1, -0.05) is 32.0 Å². The largest absolute Gasteiger partial charge is 0.368 e. The standard InChI is InChI=1S/C24H29F2N3O2/c1-15(2)22(27-23(30)21-18(25)8-6-9-19(21)26)24(31)29-13-11-28(12-14-29)20-10-5-7-16(3)17(20)4/h5-10,15,22H,11-14H2,1-4H3,(H,27,30)/t22-/m1/s1. The number of hydrogen-bond acceptors (Lipinski definition) is 3. The van der Waals surface area contributed by atoms with Crippen molar-refractivity contribution in [2.75, 3.05) is 31.1 Å². The highest BCUT2D eigenvalue weighted by Gasteiger charge is 2.32. The van der Waals surface area contributed by atoms with E-state index in [-0.39, 0.29) is 11.8 Å². The van der Waals surface area contributed by atoms with Gasteiger partial charge in [-0.05, 0) is 49.1 Å². The Morgan fingerprint density at radius 1 is 0.935 bits per heavy atom. The first-order chi connectivity index (χ1) is 14.7. The van der Waals surface area contributed by atoms with Crippen LogP contribution < -0.4 is 10.2 Å². The molecule has 7 heteroatoms. The predicted molar refractivity (Wildman–Crippen MR) is 117 cm³/mol. The Labute approximate surface area is 182 Å². The van der Waals surface area contributed by atoms with Crippen molar-refractivity contribution in [3.63, 3.8) is 0 Å². The average molecular weight is 430 g/mol. The van der Waals surface area contributed by atoms with Crippen LogP contribution in [0.2, 0.25) is 0 Å². The van der Waals surface area contributed by atoms with Crippen molar-refractivity contribution in [1.29, 1.82) is 0 Å². The van der Waals surface area contributed by atoms with Crippen LogP contribution in [0, 0.1) is 31.4 Å².